The summed E-state index contributed by atoms with van der Waals surface area (Å²) in [6, 6.07) is 0. The zero-order valence-corrected chi connectivity index (χ0v) is 19.5. The predicted molar refractivity (Wildman–Crippen MR) is 118 cm³/mol. The third kappa shape index (κ3) is 6.91. The van der Waals surface area contributed by atoms with Crippen molar-refractivity contribution in [2.45, 2.75) is 52.4 Å². The van der Waals surface area contributed by atoms with Crippen LogP contribution in [0, 0.1) is 17.7 Å². The van der Waals surface area contributed by atoms with E-state index in [0.29, 0.717) is 29.6 Å². The van der Waals surface area contributed by atoms with Gasteiger partial charge in [-0.05, 0) is 17.3 Å². The van der Waals surface area contributed by atoms with Gasteiger partial charge in [0, 0.05) is 20.4 Å². The molecule has 182 valence electrons. The average molecular weight is 467 g/mol. The van der Waals surface area contributed by atoms with Crippen LogP contribution in [0.15, 0.2) is 0 Å². The van der Waals surface area contributed by atoms with Crippen LogP contribution < -0.4 is 16.2 Å². The van der Waals surface area contributed by atoms with Crippen LogP contribution in [0.1, 0.15) is 51.8 Å². The van der Waals surface area contributed by atoms with Gasteiger partial charge in [0.2, 0.25) is 18.1 Å². The van der Waals surface area contributed by atoms with Crippen LogP contribution in [0.25, 0.3) is 0 Å². The first-order chi connectivity index (χ1) is 15.7. The van der Waals surface area contributed by atoms with E-state index in [4.69, 9.17) is 0 Å². The topological polar surface area (TPSA) is 140 Å². The van der Waals surface area contributed by atoms with Crippen LogP contribution >= 0.6 is 0 Å². The largest absolute Gasteiger partial charge is 0.365 e. The van der Waals surface area contributed by atoms with Gasteiger partial charge in [0.25, 0.3) is 11.7 Å². The Kier molecular flexibility index (Phi) is 9.64. The zero-order valence-electron chi connectivity index (χ0n) is 19.5. The number of carbonyl (C=O) groups excluding carboxylic acids is 3. The smallest absolute Gasteiger partial charge is 0.352 e. The van der Waals surface area contributed by atoms with Crippen molar-refractivity contribution in [1.82, 2.24) is 25.8 Å². The maximum atomic E-state index is 15.2. The Morgan fingerprint density at radius 1 is 1.33 bits per heavy atom. The van der Waals surface area contributed by atoms with Crippen LogP contribution in [0.5, 0.6) is 0 Å². The van der Waals surface area contributed by atoms with Gasteiger partial charge in [-0.25, -0.2) is 9.64 Å². The predicted octanol–water partition coefficient (Wildman–Crippen LogP) is 1.15. The lowest BCUT2D eigenvalue weighted by Crippen LogP contribution is -2.41. The van der Waals surface area contributed by atoms with E-state index in [0.717, 1.165) is 25.7 Å². The van der Waals surface area contributed by atoms with Gasteiger partial charge >= 0.3 is 5.82 Å². The number of hydrazine groups is 1. The molecule has 1 aromatic heterocycles. The fourth-order valence-corrected chi connectivity index (χ4v) is 3.84. The molecule has 0 unspecified atom stereocenters. The fraction of sp³-hybridized carbons (Fsp3) is 0.619. The highest BCUT2D eigenvalue weighted by Gasteiger charge is 2.29. The Hall–Kier alpha value is -3.15. The molecule has 0 spiro atoms. The van der Waals surface area contributed by atoms with Gasteiger partial charge in [-0.2, -0.15) is 9.37 Å². The van der Waals surface area contributed by atoms with Crippen LogP contribution in [0.4, 0.5) is 16.0 Å². The molecular weight excluding hydrogens is 433 g/mol. The lowest BCUT2D eigenvalue weighted by atomic mass is 9.92. The van der Waals surface area contributed by atoms with Crippen molar-refractivity contribution in [2.24, 2.45) is 11.8 Å². The second-order valence-electron chi connectivity index (χ2n) is 8.13. The standard InChI is InChI=1S/C21H32FN7O4/c1-5-16-24-18(17(22)19(25-16)28(4)13(2)20(31)23-3)26-27-21(32)15(11-29(33)12-30)10-14-8-6-7-9-14/h12,14-15,23,31,33H,5-11H2,1-4H3/p+1/t15-/m1/s1. The minimum absolute atomic E-state index is 0.121. The number of halogens is 1. The Balaban J connectivity index is 2.24. The van der Waals surface area contributed by atoms with Crippen molar-refractivity contribution >= 4 is 35.6 Å². The fourth-order valence-electron chi connectivity index (χ4n) is 3.84. The molecular formula is C21H33FN7O4+. The van der Waals surface area contributed by atoms with Crippen molar-refractivity contribution in [3.63, 3.8) is 0 Å². The van der Waals surface area contributed by atoms with Gasteiger partial charge in [0.05, 0.1) is 19.5 Å². The van der Waals surface area contributed by atoms with Gasteiger partial charge in [-0.15, -0.1) is 0 Å². The number of aromatic nitrogens is 2. The first-order valence-electron chi connectivity index (χ1n) is 11.0. The molecule has 1 heterocycles. The molecule has 1 aliphatic carbocycles. The molecule has 3 amide bonds. The summed E-state index contributed by atoms with van der Waals surface area (Å²) in [5.41, 5.74) is 5.18. The molecule has 11 nitrogen and oxygen atoms in total. The van der Waals surface area contributed by atoms with Crippen molar-refractivity contribution < 1.29 is 28.6 Å². The van der Waals surface area contributed by atoms with Gasteiger partial charge in [-0.3, -0.25) is 30.4 Å². The monoisotopic (exact) mass is 466 g/mol. The summed E-state index contributed by atoms with van der Waals surface area (Å²) in [6.45, 7) is 3.15. The molecule has 2 rings (SSSR count). The number of anilines is 1. The quantitative estimate of drug-likeness (QED) is 0.126. The molecule has 0 aromatic carbocycles. The van der Waals surface area contributed by atoms with E-state index in [1.807, 2.05) is 0 Å². The van der Waals surface area contributed by atoms with E-state index in [-0.39, 0.29) is 30.3 Å². The number of rotatable bonds is 11. The molecule has 1 saturated carbocycles. The van der Waals surface area contributed by atoms with Crippen molar-refractivity contribution in [2.75, 3.05) is 26.1 Å². The Bertz CT molecular complexity index is 903. The minimum atomic E-state index is -0.845. The molecule has 1 aromatic rings. The number of nitrogens with one attached hydrogen (secondary N) is 3. The molecule has 1 aliphatic rings. The number of hydrogen-bond donors (Lipinski definition) is 4. The number of aryl methyl sites for hydroxylation is 1. The molecule has 0 radical (unpaired) electrons. The Morgan fingerprint density at radius 3 is 2.58 bits per heavy atom. The number of hydroxylamine groups is 2. The average Bonchev–Trinajstić information content (AvgIpc) is 3.34. The van der Waals surface area contributed by atoms with Crippen molar-refractivity contribution in [1.29, 1.82) is 0 Å². The maximum absolute atomic E-state index is 15.2. The minimum Gasteiger partial charge on any atom is -0.352 e. The Morgan fingerprint density at radius 2 is 2.00 bits per heavy atom. The summed E-state index contributed by atoms with van der Waals surface area (Å²) in [6.07, 6.45) is 5.28. The SMILES string of the molecule is CCc1nc(NNC(=O)[C@H](CC2CCCC2)CN(O)C=O)c(F)c([N+](C)=C(C)C(=O)NC)n1. The van der Waals surface area contributed by atoms with Crippen molar-refractivity contribution in [3.8, 4) is 0 Å². The summed E-state index contributed by atoms with van der Waals surface area (Å²) in [4.78, 5) is 43.9. The molecule has 1 atom stereocenters. The highest BCUT2D eigenvalue weighted by molar-refractivity contribution is 6.35. The zero-order chi connectivity index (χ0) is 24.5. The Labute approximate surface area is 192 Å². The lowest BCUT2D eigenvalue weighted by Gasteiger charge is -2.22. The van der Waals surface area contributed by atoms with Crippen molar-refractivity contribution in [3.05, 3.63) is 11.6 Å². The second kappa shape index (κ2) is 12.2. The highest BCUT2D eigenvalue weighted by atomic mass is 19.1. The van der Waals surface area contributed by atoms with Gasteiger partial charge in [-0.1, -0.05) is 32.6 Å². The summed E-state index contributed by atoms with van der Waals surface area (Å²) >= 11 is 0. The number of carbonyl (C=O) groups is 3. The van der Waals surface area contributed by atoms with E-state index in [1.54, 1.807) is 6.92 Å². The van der Waals surface area contributed by atoms with E-state index >= 15 is 4.39 Å². The molecule has 33 heavy (non-hydrogen) atoms. The third-order valence-corrected chi connectivity index (χ3v) is 5.87. The summed E-state index contributed by atoms with van der Waals surface area (Å²) in [7, 11) is 2.97. The normalized spacial score (nSPS) is 15.5. The van der Waals surface area contributed by atoms with E-state index < -0.39 is 23.5 Å². The molecule has 0 saturated heterocycles. The van der Waals surface area contributed by atoms with E-state index in [9.17, 15) is 19.6 Å². The summed E-state index contributed by atoms with van der Waals surface area (Å²) in [5, 5.41) is 12.5. The number of nitrogens with zero attached hydrogens (tertiary/aromatic N) is 4. The van der Waals surface area contributed by atoms with E-state index in [1.165, 1.54) is 25.6 Å². The second-order valence-corrected chi connectivity index (χ2v) is 8.13. The van der Waals surface area contributed by atoms with Crippen LogP contribution in [-0.4, -0.2) is 69.4 Å². The number of amides is 3. The van der Waals surface area contributed by atoms with E-state index in [2.05, 4.69) is 26.1 Å². The van der Waals surface area contributed by atoms with Crippen LogP contribution in [-0.2, 0) is 20.8 Å². The van der Waals surface area contributed by atoms with Crippen LogP contribution in [0.3, 0.4) is 0 Å². The first-order valence-corrected chi connectivity index (χ1v) is 11.0. The molecule has 4 N–H and O–H groups in total. The van der Waals surface area contributed by atoms with Gasteiger partial charge in [0.1, 0.15) is 0 Å². The molecule has 12 heteroatoms. The summed E-state index contributed by atoms with van der Waals surface area (Å²) in [5.74, 6) is -2.16. The number of hydrogen-bond acceptors (Lipinski definition) is 7. The van der Waals surface area contributed by atoms with Gasteiger partial charge < -0.3 is 5.32 Å². The summed E-state index contributed by atoms with van der Waals surface area (Å²) < 4.78 is 16.5. The molecule has 1 fully saturated rings. The highest BCUT2D eigenvalue weighted by Crippen LogP contribution is 2.30. The lowest BCUT2D eigenvalue weighted by molar-refractivity contribution is -0.411. The first kappa shape index (κ1) is 26.1. The molecule has 0 bridgehead atoms. The van der Waals surface area contributed by atoms with Gasteiger partial charge in [0.15, 0.2) is 11.5 Å². The molecule has 0 aliphatic heterocycles. The third-order valence-electron chi connectivity index (χ3n) is 5.87. The van der Waals surface area contributed by atoms with Crippen LogP contribution in [0.2, 0.25) is 0 Å². The maximum Gasteiger partial charge on any atom is 0.365 e.